The maximum absolute atomic E-state index is 12.6. The van der Waals surface area contributed by atoms with Crippen LogP contribution in [0.1, 0.15) is 15.9 Å². The molecule has 1 fully saturated rings. The zero-order valence-electron chi connectivity index (χ0n) is 11.9. The van der Waals surface area contributed by atoms with Crippen LogP contribution in [-0.2, 0) is 4.74 Å². The van der Waals surface area contributed by atoms with Gasteiger partial charge in [-0.3, -0.25) is 4.79 Å². The number of morpholine rings is 1. The van der Waals surface area contributed by atoms with Gasteiger partial charge in [-0.15, -0.1) is 0 Å². The first-order valence-corrected chi connectivity index (χ1v) is 6.65. The molecule has 0 aromatic heterocycles. The van der Waals surface area contributed by atoms with Crippen LogP contribution in [0.5, 0.6) is 0 Å². The molecule has 0 N–H and O–H groups in total. The maximum Gasteiger partial charge on any atom is 0.254 e. The van der Waals surface area contributed by atoms with E-state index in [-0.39, 0.29) is 11.9 Å². The molecule has 1 aliphatic heterocycles. The first-order valence-electron chi connectivity index (χ1n) is 6.65. The van der Waals surface area contributed by atoms with Crippen molar-refractivity contribution in [1.82, 2.24) is 9.80 Å². The predicted octanol–water partition coefficient (Wildman–Crippen LogP) is 0.961. The van der Waals surface area contributed by atoms with E-state index in [9.17, 15) is 4.79 Å². The quantitative estimate of drug-likeness (QED) is 0.823. The van der Waals surface area contributed by atoms with E-state index < -0.39 is 0 Å². The van der Waals surface area contributed by atoms with Gasteiger partial charge in [0.1, 0.15) is 0 Å². The van der Waals surface area contributed by atoms with Crippen LogP contribution < -0.4 is 0 Å². The SMILES string of the molecule is CN(C)CC1COCCN1C(=O)c1ccc(C#N)cc1. The van der Waals surface area contributed by atoms with Crippen molar-refractivity contribution in [2.24, 2.45) is 0 Å². The van der Waals surface area contributed by atoms with E-state index in [2.05, 4.69) is 11.0 Å². The number of hydrogen-bond donors (Lipinski definition) is 0. The van der Waals surface area contributed by atoms with Crippen LogP contribution >= 0.6 is 0 Å². The Morgan fingerprint density at radius 3 is 2.75 bits per heavy atom. The molecule has 0 spiro atoms. The van der Waals surface area contributed by atoms with Gasteiger partial charge >= 0.3 is 0 Å². The summed E-state index contributed by atoms with van der Waals surface area (Å²) in [5.41, 5.74) is 1.18. The van der Waals surface area contributed by atoms with E-state index in [1.165, 1.54) is 0 Å². The average Bonchev–Trinajstić information content (AvgIpc) is 2.46. The average molecular weight is 273 g/mol. The summed E-state index contributed by atoms with van der Waals surface area (Å²) in [5, 5.41) is 8.79. The molecule has 1 amide bonds. The largest absolute Gasteiger partial charge is 0.377 e. The number of benzene rings is 1. The second kappa shape index (κ2) is 6.51. The summed E-state index contributed by atoms with van der Waals surface area (Å²) in [7, 11) is 3.97. The molecule has 1 aromatic rings. The monoisotopic (exact) mass is 273 g/mol. The lowest BCUT2D eigenvalue weighted by molar-refractivity contribution is -0.00830. The normalized spacial score (nSPS) is 18.9. The van der Waals surface area contributed by atoms with Crippen LogP contribution in [0.3, 0.4) is 0 Å². The van der Waals surface area contributed by atoms with Crippen LogP contribution in [-0.4, -0.2) is 62.1 Å². The van der Waals surface area contributed by atoms with E-state index in [0.717, 1.165) is 6.54 Å². The van der Waals surface area contributed by atoms with Crippen molar-refractivity contribution in [2.45, 2.75) is 6.04 Å². The highest BCUT2D eigenvalue weighted by atomic mass is 16.5. The number of amides is 1. The lowest BCUT2D eigenvalue weighted by atomic mass is 10.1. The van der Waals surface area contributed by atoms with Crippen molar-refractivity contribution >= 4 is 5.91 Å². The van der Waals surface area contributed by atoms with Gasteiger partial charge in [0.2, 0.25) is 0 Å². The van der Waals surface area contributed by atoms with Crippen molar-refractivity contribution in [1.29, 1.82) is 5.26 Å². The van der Waals surface area contributed by atoms with Crippen molar-refractivity contribution in [2.75, 3.05) is 40.4 Å². The molecule has 0 bridgehead atoms. The highest BCUT2D eigenvalue weighted by molar-refractivity contribution is 5.94. The number of likely N-dealkylation sites (N-methyl/N-ethyl adjacent to an activating group) is 1. The lowest BCUT2D eigenvalue weighted by Gasteiger charge is -2.37. The number of carbonyl (C=O) groups excluding carboxylic acids is 1. The van der Waals surface area contributed by atoms with E-state index in [0.29, 0.717) is 30.9 Å². The minimum absolute atomic E-state index is 0.00430. The molecule has 1 aromatic carbocycles. The Hall–Kier alpha value is -1.90. The second-order valence-corrected chi connectivity index (χ2v) is 5.18. The summed E-state index contributed by atoms with van der Waals surface area (Å²) in [4.78, 5) is 16.5. The van der Waals surface area contributed by atoms with Gasteiger partial charge in [-0.05, 0) is 38.4 Å². The van der Waals surface area contributed by atoms with Gasteiger partial charge in [0.15, 0.2) is 0 Å². The van der Waals surface area contributed by atoms with Gasteiger partial charge in [-0.25, -0.2) is 0 Å². The molecule has 5 heteroatoms. The van der Waals surface area contributed by atoms with Gasteiger partial charge in [0, 0.05) is 18.7 Å². The maximum atomic E-state index is 12.6. The molecule has 1 saturated heterocycles. The van der Waals surface area contributed by atoms with Crippen molar-refractivity contribution < 1.29 is 9.53 Å². The second-order valence-electron chi connectivity index (χ2n) is 5.18. The fourth-order valence-electron chi connectivity index (χ4n) is 2.35. The summed E-state index contributed by atoms with van der Waals surface area (Å²) in [6.45, 7) is 2.53. The van der Waals surface area contributed by atoms with Crippen LogP contribution in [0.15, 0.2) is 24.3 Å². The number of ether oxygens (including phenoxy) is 1. The van der Waals surface area contributed by atoms with Crippen LogP contribution in [0.25, 0.3) is 0 Å². The smallest absolute Gasteiger partial charge is 0.254 e. The molecule has 0 aliphatic carbocycles. The van der Waals surface area contributed by atoms with Gasteiger partial charge < -0.3 is 14.5 Å². The molecule has 0 radical (unpaired) electrons. The molecule has 1 unspecified atom stereocenters. The van der Waals surface area contributed by atoms with E-state index in [1.54, 1.807) is 24.3 Å². The molecular formula is C15H19N3O2. The highest BCUT2D eigenvalue weighted by Gasteiger charge is 2.28. The molecule has 5 nitrogen and oxygen atoms in total. The van der Waals surface area contributed by atoms with Crippen molar-refractivity contribution in [3.05, 3.63) is 35.4 Å². The Balaban J connectivity index is 2.14. The zero-order chi connectivity index (χ0) is 14.5. The molecule has 2 rings (SSSR count). The molecule has 1 heterocycles. The fourth-order valence-corrected chi connectivity index (χ4v) is 2.35. The van der Waals surface area contributed by atoms with Gasteiger partial charge in [-0.2, -0.15) is 5.26 Å². The molecule has 106 valence electrons. The Kier molecular flexibility index (Phi) is 4.72. The fraction of sp³-hybridized carbons (Fsp3) is 0.467. The Morgan fingerprint density at radius 1 is 1.45 bits per heavy atom. The number of hydrogen-bond acceptors (Lipinski definition) is 4. The Bertz CT molecular complexity index is 505. The minimum Gasteiger partial charge on any atom is -0.377 e. The van der Waals surface area contributed by atoms with Crippen LogP contribution in [0.4, 0.5) is 0 Å². The predicted molar refractivity (Wildman–Crippen MR) is 75.4 cm³/mol. The van der Waals surface area contributed by atoms with E-state index in [4.69, 9.17) is 10.00 Å². The number of carbonyl (C=O) groups is 1. The van der Waals surface area contributed by atoms with E-state index >= 15 is 0 Å². The van der Waals surface area contributed by atoms with Crippen molar-refractivity contribution in [3.63, 3.8) is 0 Å². The first-order chi connectivity index (χ1) is 9.61. The first kappa shape index (κ1) is 14.5. The number of rotatable bonds is 3. The highest BCUT2D eigenvalue weighted by Crippen LogP contribution is 2.14. The third-order valence-corrected chi connectivity index (χ3v) is 3.33. The third-order valence-electron chi connectivity index (χ3n) is 3.33. The molecule has 20 heavy (non-hydrogen) atoms. The lowest BCUT2D eigenvalue weighted by Crippen LogP contribution is -2.52. The van der Waals surface area contributed by atoms with Crippen LogP contribution in [0.2, 0.25) is 0 Å². The Morgan fingerprint density at radius 2 is 2.15 bits per heavy atom. The molecule has 1 aliphatic rings. The zero-order valence-corrected chi connectivity index (χ0v) is 11.9. The summed E-state index contributed by atoms with van der Waals surface area (Å²) >= 11 is 0. The number of nitrogens with zero attached hydrogens (tertiary/aromatic N) is 3. The van der Waals surface area contributed by atoms with E-state index in [1.807, 2.05) is 19.0 Å². The standard InChI is InChI=1S/C15H19N3O2/c1-17(2)10-14-11-20-8-7-18(14)15(19)13-5-3-12(9-16)4-6-13/h3-6,14H,7-8,10-11H2,1-2H3. The van der Waals surface area contributed by atoms with Crippen LogP contribution in [0, 0.1) is 11.3 Å². The summed E-state index contributed by atoms with van der Waals surface area (Å²) in [6.07, 6.45) is 0. The Labute approximate surface area is 119 Å². The third kappa shape index (κ3) is 3.35. The van der Waals surface area contributed by atoms with Gasteiger partial charge in [-0.1, -0.05) is 0 Å². The number of nitriles is 1. The minimum atomic E-state index is 0.00430. The molecule has 0 saturated carbocycles. The van der Waals surface area contributed by atoms with Gasteiger partial charge in [0.25, 0.3) is 5.91 Å². The van der Waals surface area contributed by atoms with Gasteiger partial charge in [0.05, 0.1) is 30.9 Å². The topological polar surface area (TPSA) is 56.6 Å². The molecular weight excluding hydrogens is 254 g/mol. The summed E-state index contributed by atoms with van der Waals surface area (Å²) in [6, 6.07) is 8.90. The molecule has 1 atom stereocenters. The summed E-state index contributed by atoms with van der Waals surface area (Å²) in [5.74, 6) is 0.00430. The summed E-state index contributed by atoms with van der Waals surface area (Å²) < 4.78 is 5.47. The van der Waals surface area contributed by atoms with Crippen molar-refractivity contribution in [3.8, 4) is 6.07 Å².